The van der Waals surface area contributed by atoms with Crippen LogP contribution in [0, 0.1) is 0 Å². The number of anilines is 1. The Hall–Kier alpha value is -1.95. The highest BCUT2D eigenvalue weighted by molar-refractivity contribution is 7.97. The molecule has 0 radical (unpaired) electrons. The molecule has 5 N–H and O–H groups in total. The number of nitrogens with zero attached hydrogens (tertiary/aromatic N) is 1. The summed E-state index contributed by atoms with van der Waals surface area (Å²) in [5.41, 5.74) is 14.4. The number of nitrogens with one attached hydrogen (secondary N) is 1. The minimum atomic E-state index is 0.564. The summed E-state index contributed by atoms with van der Waals surface area (Å²) in [6, 6.07) is 10.7. The van der Waals surface area contributed by atoms with E-state index in [1.54, 1.807) is 0 Å². The van der Waals surface area contributed by atoms with Gasteiger partial charge in [0.1, 0.15) is 0 Å². The molecule has 0 heterocycles. The smallest absolute Gasteiger partial charge is 0.0930 e. The highest BCUT2D eigenvalue weighted by atomic mass is 32.2. The lowest BCUT2D eigenvalue weighted by Crippen LogP contribution is -2.11. The number of nitrogens with two attached hydrogens (primary N) is 2. The van der Waals surface area contributed by atoms with Crippen LogP contribution in [0.1, 0.15) is 40.7 Å². The topological polar surface area (TPSA) is 67.3 Å². The van der Waals surface area contributed by atoms with Crippen LogP contribution in [0.2, 0.25) is 0 Å². The van der Waals surface area contributed by atoms with E-state index in [9.17, 15) is 0 Å². The summed E-state index contributed by atoms with van der Waals surface area (Å²) >= 11 is 1.28. The Morgan fingerprint density at radius 3 is 2.07 bits per heavy atom. The van der Waals surface area contributed by atoms with Crippen molar-refractivity contribution in [2.24, 2.45) is 10.9 Å². The fraction of sp³-hybridized carbons (Fsp3) is 0.391. The SMILES string of the molecule is C=C(N)Nc1c2c(cc3c1CCC3)CCC2.CN(C)Cc1ccc(SN)cc1. The van der Waals surface area contributed by atoms with Gasteiger partial charge in [0.2, 0.25) is 0 Å². The third kappa shape index (κ3) is 5.10. The maximum atomic E-state index is 5.71. The molecule has 2 aromatic rings. The maximum absolute atomic E-state index is 5.71. The Kier molecular flexibility index (Phi) is 7.05. The third-order valence-electron chi connectivity index (χ3n) is 5.32. The molecule has 2 aliphatic carbocycles. The van der Waals surface area contributed by atoms with Crippen LogP contribution >= 0.6 is 11.9 Å². The lowest BCUT2D eigenvalue weighted by Gasteiger charge is -2.16. The molecule has 0 amide bonds. The standard InChI is InChI=1S/C14H18N2.C9H14N2S/c1-9(15)16-14-12-6-2-4-10(12)8-11-5-3-7-13(11)14;1-11(2)7-8-3-5-9(12-10)6-4-8/h8,16H,1-7,15H2;3-6H,7,10H2,1-2H3. The second-order valence-electron chi connectivity index (χ2n) is 7.88. The first-order valence-electron chi connectivity index (χ1n) is 9.96. The van der Waals surface area contributed by atoms with Crippen LogP contribution in [0.4, 0.5) is 5.69 Å². The molecule has 150 valence electrons. The summed E-state index contributed by atoms with van der Waals surface area (Å²) in [6.07, 6.45) is 7.41. The predicted octanol–water partition coefficient (Wildman–Crippen LogP) is 4.22. The number of fused-ring (bicyclic) bond motifs is 2. The van der Waals surface area contributed by atoms with Gasteiger partial charge in [0.05, 0.1) is 5.82 Å². The zero-order chi connectivity index (χ0) is 20.1. The lowest BCUT2D eigenvalue weighted by atomic mass is 9.99. The normalized spacial score (nSPS) is 14.3. The molecule has 28 heavy (non-hydrogen) atoms. The molecule has 0 spiro atoms. The molecule has 4 nitrogen and oxygen atoms in total. The van der Waals surface area contributed by atoms with Crippen LogP contribution in [-0.2, 0) is 32.2 Å². The van der Waals surface area contributed by atoms with E-state index in [1.165, 1.54) is 84.0 Å². The molecule has 0 atom stereocenters. The lowest BCUT2D eigenvalue weighted by molar-refractivity contribution is 0.402. The zero-order valence-electron chi connectivity index (χ0n) is 17.1. The molecule has 0 saturated carbocycles. The van der Waals surface area contributed by atoms with Crippen molar-refractivity contribution in [2.75, 3.05) is 19.4 Å². The first-order valence-corrected chi connectivity index (χ1v) is 10.8. The number of rotatable bonds is 5. The number of hydrogen-bond acceptors (Lipinski definition) is 5. The van der Waals surface area contributed by atoms with Crippen LogP contribution in [0.15, 0.2) is 47.6 Å². The largest absolute Gasteiger partial charge is 0.386 e. The van der Waals surface area contributed by atoms with Crippen LogP contribution in [-0.4, -0.2) is 19.0 Å². The molecule has 0 aliphatic heterocycles. The van der Waals surface area contributed by atoms with E-state index in [0.717, 1.165) is 11.4 Å². The van der Waals surface area contributed by atoms with Gasteiger partial charge in [0.15, 0.2) is 0 Å². The highest BCUT2D eigenvalue weighted by Crippen LogP contribution is 2.38. The molecule has 2 aliphatic rings. The van der Waals surface area contributed by atoms with Crippen LogP contribution in [0.25, 0.3) is 0 Å². The Labute approximate surface area is 173 Å². The van der Waals surface area contributed by atoms with E-state index in [0.29, 0.717) is 5.82 Å². The summed E-state index contributed by atoms with van der Waals surface area (Å²) in [7, 11) is 4.12. The van der Waals surface area contributed by atoms with E-state index in [2.05, 4.69) is 49.1 Å². The van der Waals surface area contributed by atoms with Gasteiger partial charge in [-0.3, -0.25) is 5.14 Å². The van der Waals surface area contributed by atoms with E-state index >= 15 is 0 Å². The molecule has 0 saturated heterocycles. The minimum absolute atomic E-state index is 0.564. The van der Waals surface area contributed by atoms with Crippen LogP contribution < -0.4 is 16.2 Å². The van der Waals surface area contributed by atoms with Crippen molar-refractivity contribution in [2.45, 2.75) is 50.0 Å². The fourth-order valence-electron chi connectivity index (χ4n) is 4.17. The van der Waals surface area contributed by atoms with Gasteiger partial charge < -0.3 is 16.0 Å². The molecule has 0 aromatic heterocycles. The number of hydrogen-bond donors (Lipinski definition) is 3. The second kappa shape index (κ2) is 9.50. The van der Waals surface area contributed by atoms with Gasteiger partial charge in [-0.05, 0) is 105 Å². The van der Waals surface area contributed by atoms with Crippen LogP contribution in [0.3, 0.4) is 0 Å². The molecule has 2 aromatic carbocycles. The van der Waals surface area contributed by atoms with E-state index < -0.39 is 0 Å². The monoisotopic (exact) mass is 396 g/mol. The number of aryl methyl sites for hydroxylation is 2. The predicted molar refractivity (Wildman–Crippen MR) is 121 cm³/mol. The zero-order valence-corrected chi connectivity index (χ0v) is 17.9. The van der Waals surface area contributed by atoms with Gasteiger partial charge >= 0.3 is 0 Å². The Balaban J connectivity index is 0.000000169. The molecule has 4 rings (SSSR count). The average Bonchev–Trinajstić information content (AvgIpc) is 3.31. The highest BCUT2D eigenvalue weighted by Gasteiger charge is 2.23. The fourth-order valence-corrected chi connectivity index (χ4v) is 4.46. The third-order valence-corrected chi connectivity index (χ3v) is 5.86. The van der Waals surface area contributed by atoms with E-state index in [1.807, 2.05) is 12.1 Å². The average molecular weight is 397 g/mol. The van der Waals surface area contributed by atoms with Gasteiger partial charge in [-0.1, -0.05) is 24.8 Å². The summed E-state index contributed by atoms with van der Waals surface area (Å²) in [5, 5.41) is 8.70. The first kappa shape index (κ1) is 20.8. The van der Waals surface area contributed by atoms with Crippen molar-refractivity contribution in [3.63, 3.8) is 0 Å². The molecule has 0 fully saturated rings. The first-order chi connectivity index (χ1) is 13.5. The van der Waals surface area contributed by atoms with Crippen molar-refractivity contribution in [3.8, 4) is 0 Å². The summed E-state index contributed by atoms with van der Waals surface area (Å²) < 4.78 is 0. The van der Waals surface area contributed by atoms with Gasteiger partial charge in [-0.2, -0.15) is 0 Å². The van der Waals surface area contributed by atoms with Crippen molar-refractivity contribution in [3.05, 3.63) is 70.5 Å². The quantitative estimate of drug-likeness (QED) is 0.660. The van der Waals surface area contributed by atoms with Crippen molar-refractivity contribution in [1.29, 1.82) is 0 Å². The summed E-state index contributed by atoms with van der Waals surface area (Å²) in [5.74, 6) is 0.564. The Morgan fingerprint density at radius 1 is 1.04 bits per heavy atom. The Bertz CT molecular complexity index is 795. The second-order valence-corrected chi connectivity index (χ2v) is 8.59. The van der Waals surface area contributed by atoms with Gasteiger partial charge in [0.25, 0.3) is 0 Å². The van der Waals surface area contributed by atoms with E-state index in [-0.39, 0.29) is 0 Å². The summed E-state index contributed by atoms with van der Waals surface area (Å²) in [4.78, 5) is 3.25. The molecule has 0 bridgehead atoms. The molecule has 5 heteroatoms. The van der Waals surface area contributed by atoms with Crippen LogP contribution in [0.5, 0.6) is 0 Å². The van der Waals surface area contributed by atoms with Crippen molar-refractivity contribution >= 4 is 17.6 Å². The maximum Gasteiger partial charge on any atom is 0.0930 e. The molecule has 0 unspecified atom stereocenters. The van der Waals surface area contributed by atoms with Gasteiger partial charge in [-0.25, -0.2) is 0 Å². The van der Waals surface area contributed by atoms with Crippen molar-refractivity contribution < 1.29 is 0 Å². The minimum Gasteiger partial charge on any atom is -0.386 e. The Morgan fingerprint density at radius 2 is 1.61 bits per heavy atom. The number of benzene rings is 2. The van der Waals surface area contributed by atoms with Gasteiger partial charge in [0, 0.05) is 17.1 Å². The summed E-state index contributed by atoms with van der Waals surface area (Å²) in [6.45, 7) is 4.75. The van der Waals surface area contributed by atoms with E-state index in [4.69, 9.17) is 10.9 Å². The molecular weight excluding hydrogens is 364 g/mol. The molecular formula is C23H32N4S. The van der Waals surface area contributed by atoms with Crippen molar-refractivity contribution in [1.82, 2.24) is 4.90 Å². The van der Waals surface area contributed by atoms with Gasteiger partial charge in [-0.15, -0.1) is 0 Å².